The molecule has 2 aromatic carbocycles. The number of methoxy groups -OCH3 is 1. The quantitative estimate of drug-likeness (QED) is 0.497. The Hall–Kier alpha value is -3.46. The van der Waals surface area contributed by atoms with Gasteiger partial charge in [-0.15, -0.1) is 10.2 Å². The Kier molecular flexibility index (Phi) is 7.55. The zero-order valence-corrected chi connectivity index (χ0v) is 18.4. The number of hydrogen-bond donors (Lipinski definition) is 3. The van der Waals surface area contributed by atoms with Gasteiger partial charge in [-0.2, -0.15) is 0 Å². The molecule has 0 radical (unpaired) electrons. The fourth-order valence-electron chi connectivity index (χ4n) is 2.81. The largest absolute Gasteiger partial charge is 0.497 e. The van der Waals surface area contributed by atoms with Gasteiger partial charge in [0.05, 0.1) is 7.11 Å². The van der Waals surface area contributed by atoms with Gasteiger partial charge >= 0.3 is 6.03 Å². The summed E-state index contributed by atoms with van der Waals surface area (Å²) in [6, 6.07) is 15.9. The average molecular weight is 440 g/mol. The van der Waals surface area contributed by atoms with Crippen molar-refractivity contribution < 1.29 is 14.3 Å². The second kappa shape index (κ2) is 10.5. The first-order valence-corrected chi connectivity index (χ1v) is 10.6. The van der Waals surface area contributed by atoms with Crippen molar-refractivity contribution in [2.75, 3.05) is 12.4 Å². The van der Waals surface area contributed by atoms with Gasteiger partial charge < -0.3 is 15.4 Å². The molecule has 1 heterocycles. The minimum absolute atomic E-state index is 0.114. The first-order chi connectivity index (χ1) is 15.0. The maximum absolute atomic E-state index is 12.8. The van der Waals surface area contributed by atoms with Crippen LogP contribution in [0.3, 0.4) is 0 Å². The van der Waals surface area contributed by atoms with Crippen LogP contribution in [-0.4, -0.2) is 35.3 Å². The van der Waals surface area contributed by atoms with E-state index in [4.69, 9.17) is 4.74 Å². The van der Waals surface area contributed by atoms with Crippen LogP contribution < -0.4 is 20.7 Å². The highest BCUT2D eigenvalue weighted by molar-refractivity contribution is 7.18. The Morgan fingerprint density at radius 1 is 1.03 bits per heavy atom. The van der Waals surface area contributed by atoms with Gasteiger partial charge in [-0.1, -0.05) is 55.5 Å². The lowest BCUT2D eigenvalue weighted by Crippen LogP contribution is -2.50. The molecule has 3 amide bonds. The number of hydrogen-bond acceptors (Lipinski definition) is 6. The van der Waals surface area contributed by atoms with E-state index in [1.54, 1.807) is 7.11 Å². The number of nitrogens with one attached hydrogen (secondary N) is 3. The highest BCUT2D eigenvalue weighted by atomic mass is 32.1. The Morgan fingerprint density at radius 2 is 1.74 bits per heavy atom. The fraction of sp³-hybridized carbons (Fsp3) is 0.273. The van der Waals surface area contributed by atoms with Gasteiger partial charge in [-0.05, 0) is 35.7 Å². The van der Waals surface area contributed by atoms with Gasteiger partial charge in [-0.3, -0.25) is 10.1 Å². The molecule has 9 heteroatoms. The number of rotatable bonds is 8. The van der Waals surface area contributed by atoms with Gasteiger partial charge in [0.1, 0.15) is 16.8 Å². The molecule has 0 aliphatic rings. The topological polar surface area (TPSA) is 105 Å². The molecule has 0 spiro atoms. The first-order valence-electron chi connectivity index (χ1n) is 9.83. The van der Waals surface area contributed by atoms with Crippen LogP contribution in [0.25, 0.3) is 10.6 Å². The SMILES string of the molecule is COc1ccc(-c2nnc(NC(=O)C(NC(=O)NCc3ccccc3)C(C)C)s2)cc1. The molecule has 1 aromatic heterocycles. The van der Waals surface area contributed by atoms with E-state index < -0.39 is 12.1 Å². The molecular weight excluding hydrogens is 414 g/mol. The maximum Gasteiger partial charge on any atom is 0.315 e. The summed E-state index contributed by atoms with van der Waals surface area (Å²) in [7, 11) is 1.61. The highest BCUT2D eigenvalue weighted by Crippen LogP contribution is 2.28. The number of aromatic nitrogens is 2. The fourth-order valence-corrected chi connectivity index (χ4v) is 3.56. The van der Waals surface area contributed by atoms with Crippen molar-refractivity contribution in [2.45, 2.75) is 26.4 Å². The summed E-state index contributed by atoms with van der Waals surface area (Å²) in [4.78, 5) is 25.1. The number of anilines is 1. The average Bonchev–Trinajstić information content (AvgIpc) is 3.25. The first kappa shape index (κ1) is 22.2. The molecule has 3 rings (SSSR count). The number of ether oxygens (including phenoxy) is 1. The normalized spacial score (nSPS) is 11.6. The van der Waals surface area contributed by atoms with Crippen LogP contribution in [0.4, 0.5) is 9.93 Å². The summed E-state index contributed by atoms with van der Waals surface area (Å²) < 4.78 is 5.16. The van der Waals surface area contributed by atoms with E-state index in [9.17, 15) is 9.59 Å². The van der Waals surface area contributed by atoms with Gasteiger partial charge in [0, 0.05) is 12.1 Å². The second-order valence-corrected chi connectivity index (χ2v) is 8.14. The van der Waals surface area contributed by atoms with Crippen LogP contribution in [0.2, 0.25) is 0 Å². The van der Waals surface area contributed by atoms with Crippen LogP contribution >= 0.6 is 11.3 Å². The van der Waals surface area contributed by atoms with Crippen molar-refractivity contribution >= 4 is 28.4 Å². The molecule has 8 nitrogen and oxygen atoms in total. The van der Waals surface area contributed by atoms with Crippen molar-refractivity contribution in [3.05, 3.63) is 60.2 Å². The zero-order chi connectivity index (χ0) is 22.2. The third-order valence-corrected chi connectivity index (χ3v) is 5.41. The van der Waals surface area contributed by atoms with E-state index in [1.165, 1.54) is 11.3 Å². The van der Waals surface area contributed by atoms with Crippen molar-refractivity contribution in [1.29, 1.82) is 0 Å². The van der Waals surface area contributed by atoms with E-state index in [1.807, 2.05) is 68.4 Å². The van der Waals surface area contributed by atoms with E-state index in [0.29, 0.717) is 16.7 Å². The van der Waals surface area contributed by atoms with Gasteiger partial charge in [0.15, 0.2) is 0 Å². The van der Waals surface area contributed by atoms with Gasteiger partial charge in [0.25, 0.3) is 0 Å². The molecule has 0 saturated heterocycles. The number of carbonyl (C=O) groups is 2. The van der Waals surface area contributed by atoms with E-state index >= 15 is 0 Å². The summed E-state index contributed by atoms with van der Waals surface area (Å²) in [5.74, 6) is 0.289. The standard InChI is InChI=1S/C22H25N5O3S/c1-14(2)18(24-21(29)23-13-15-7-5-4-6-8-15)19(28)25-22-27-26-20(31-22)16-9-11-17(30-3)12-10-16/h4-12,14,18H,13H2,1-3H3,(H2,23,24,29)(H,25,27,28). The van der Waals surface area contributed by atoms with Crippen LogP contribution in [0.15, 0.2) is 54.6 Å². The molecule has 0 fully saturated rings. The molecule has 3 N–H and O–H groups in total. The monoisotopic (exact) mass is 439 g/mol. The third-order valence-electron chi connectivity index (χ3n) is 4.52. The Bertz CT molecular complexity index is 1010. The lowest BCUT2D eigenvalue weighted by Gasteiger charge is -2.21. The van der Waals surface area contributed by atoms with Crippen LogP contribution in [0.1, 0.15) is 19.4 Å². The van der Waals surface area contributed by atoms with Gasteiger partial charge in [-0.25, -0.2) is 4.79 Å². The molecule has 31 heavy (non-hydrogen) atoms. The van der Waals surface area contributed by atoms with Crippen LogP contribution in [0, 0.1) is 5.92 Å². The number of benzene rings is 2. The predicted molar refractivity (Wildman–Crippen MR) is 121 cm³/mol. The summed E-state index contributed by atoms with van der Waals surface area (Å²) in [6.07, 6.45) is 0. The number of urea groups is 1. The molecule has 1 atom stereocenters. The van der Waals surface area contributed by atoms with Gasteiger partial charge in [0.2, 0.25) is 11.0 Å². The summed E-state index contributed by atoms with van der Waals surface area (Å²) >= 11 is 1.26. The minimum Gasteiger partial charge on any atom is -0.497 e. The number of carbonyl (C=O) groups excluding carboxylic acids is 2. The maximum atomic E-state index is 12.8. The Morgan fingerprint density at radius 3 is 2.39 bits per heavy atom. The lowest BCUT2D eigenvalue weighted by atomic mass is 10.0. The van der Waals surface area contributed by atoms with E-state index in [0.717, 1.165) is 16.9 Å². The van der Waals surface area contributed by atoms with E-state index in [2.05, 4.69) is 26.1 Å². The smallest absolute Gasteiger partial charge is 0.315 e. The minimum atomic E-state index is -0.718. The van der Waals surface area contributed by atoms with Crippen LogP contribution in [-0.2, 0) is 11.3 Å². The molecule has 0 aliphatic heterocycles. The van der Waals surface area contributed by atoms with Crippen molar-refractivity contribution in [1.82, 2.24) is 20.8 Å². The van der Waals surface area contributed by atoms with Crippen molar-refractivity contribution in [3.63, 3.8) is 0 Å². The number of amides is 3. The second-order valence-electron chi connectivity index (χ2n) is 7.16. The molecular formula is C22H25N5O3S. The molecule has 3 aromatic rings. The highest BCUT2D eigenvalue weighted by Gasteiger charge is 2.25. The molecule has 162 valence electrons. The van der Waals surface area contributed by atoms with E-state index in [-0.39, 0.29) is 11.8 Å². The molecule has 0 aliphatic carbocycles. The van der Waals surface area contributed by atoms with Crippen LogP contribution in [0.5, 0.6) is 5.75 Å². The molecule has 0 saturated carbocycles. The predicted octanol–water partition coefficient (Wildman–Crippen LogP) is 3.68. The van der Waals surface area contributed by atoms with Crippen molar-refractivity contribution in [3.8, 4) is 16.3 Å². The Labute approximate surface area is 185 Å². The Balaban J connectivity index is 1.58. The summed E-state index contributed by atoms with van der Waals surface area (Å²) in [6.45, 7) is 4.11. The molecule has 1 unspecified atom stereocenters. The summed E-state index contributed by atoms with van der Waals surface area (Å²) in [5.41, 5.74) is 1.85. The summed E-state index contributed by atoms with van der Waals surface area (Å²) in [5, 5.41) is 17.5. The lowest BCUT2D eigenvalue weighted by molar-refractivity contribution is -0.118. The number of nitrogens with zero attached hydrogens (tertiary/aromatic N) is 2. The van der Waals surface area contributed by atoms with Crippen molar-refractivity contribution in [2.24, 2.45) is 5.92 Å². The third kappa shape index (κ3) is 6.26. The molecule has 0 bridgehead atoms. The zero-order valence-electron chi connectivity index (χ0n) is 17.6.